The van der Waals surface area contributed by atoms with Crippen LogP contribution in [0.25, 0.3) is 0 Å². The SMILES string of the molecule is CCO[CH]C(Br)C(F)(F)Br. The molecule has 1 unspecified atom stereocenters. The van der Waals surface area contributed by atoms with Crippen LogP contribution < -0.4 is 0 Å². The second-order valence-electron chi connectivity index (χ2n) is 1.53. The van der Waals surface area contributed by atoms with Crippen LogP contribution in [0.5, 0.6) is 0 Å². The summed E-state index contributed by atoms with van der Waals surface area (Å²) in [6, 6.07) is 0. The van der Waals surface area contributed by atoms with E-state index in [1.807, 2.05) is 0 Å². The second kappa shape index (κ2) is 4.62. The molecular weight excluding hydrogens is 274 g/mol. The molecule has 0 aliphatic rings. The zero-order valence-corrected chi connectivity index (χ0v) is 8.45. The summed E-state index contributed by atoms with van der Waals surface area (Å²) in [7, 11) is 0. The highest BCUT2D eigenvalue weighted by atomic mass is 79.9. The monoisotopic (exact) mass is 279 g/mol. The first-order valence-corrected chi connectivity index (χ1v) is 4.35. The van der Waals surface area contributed by atoms with E-state index in [2.05, 4.69) is 36.6 Å². The second-order valence-corrected chi connectivity index (χ2v) is 3.58. The van der Waals surface area contributed by atoms with Crippen LogP contribution in [-0.4, -0.2) is 16.3 Å². The first-order chi connectivity index (χ1) is 4.48. The lowest BCUT2D eigenvalue weighted by atomic mass is 10.5. The molecule has 1 atom stereocenters. The first-order valence-electron chi connectivity index (χ1n) is 2.64. The third kappa shape index (κ3) is 4.57. The van der Waals surface area contributed by atoms with E-state index in [9.17, 15) is 8.78 Å². The molecule has 0 spiro atoms. The Labute approximate surface area is 75.4 Å². The summed E-state index contributed by atoms with van der Waals surface area (Å²) >= 11 is 4.90. The van der Waals surface area contributed by atoms with Crippen LogP contribution in [0.1, 0.15) is 6.92 Å². The van der Waals surface area contributed by atoms with E-state index in [0.29, 0.717) is 6.61 Å². The fourth-order valence-corrected chi connectivity index (χ4v) is 0.518. The fraction of sp³-hybridized carbons (Fsp3) is 0.800. The fourth-order valence-electron chi connectivity index (χ4n) is 0.258. The molecular formula is C5H7Br2F2O. The molecule has 0 saturated heterocycles. The van der Waals surface area contributed by atoms with Crippen LogP contribution in [0.2, 0.25) is 0 Å². The van der Waals surface area contributed by atoms with Gasteiger partial charge in [0.25, 0.3) is 0 Å². The molecule has 1 radical (unpaired) electrons. The molecule has 61 valence electrons. The molecule has 10 heavy (non-hydrogen) atoms. The summed E-state index contributed by atoms with van der Waals surface area (Å²) in [5.74, 6) is 0. The summed E-state index contributed by atoms with van der Waals surface area (Å²) in [4.78, 5) is -4.03. The van der Waals surface area contributed by atoms with Crippen LogP contribution >= 0.6 is 31.9 Å². The van der Waals surface area contributed by atoms with Gasteiger partial charge in [-0.2, -0.15) is 8.78 Å². The molecule has 0 aromatic rings. The average molecular weight is 281 g/mol. The predicted molar refractivity (Wildman–Crippen MR) is 42.5 cm³/mol. The summed E-state index contributed by atoms with van der Waals surface area (Å²) in [6.07, 6.45) is 0. The van der Waals surface area contributed by atoms with E-state index in [4.69, 9.17) is 0 Å². The van der Waals surface area contributed by atoms with E-state index < -0.39 is 9.66 Å². The average Bonchev–Trinajstić information content (AvgIpc) is 1.80. The van der Waals surface area contributed by atoms with Gasteiger partial charge in [0.15, 0.2) is 0 Å². The van der Waals surface area contributed by atoms with E-state index in [1.165, 1.54) is 0 Å². The van der Waals surface area contributed by atoms with Gasteiger partial charge in [0, 0.05) is 6.61 Å². The molecule has 0 aliphatic heterocycles. The van der Waals surface area contributed by atoms with Gasteiger partial charge < -0.3 is 4.74 Å². The van der Waals surface area contributed by atoms with Gasteiger partial charge in [0.1, 0.15) is 11.4 Å². The number of hydrogen-bond acceptors (Lipinski definition) is 1. The maximum Gasteiger partial charge on any atom is 0.316 e. The van der Waals surface area contributed by atoms with E-state index in [1.54, 1.807) is 6.92 Å². The maximum absolute atomic E-state index is 12.2. The van der Waals surface area contributed by atoms with E-state index >= 15 is 0 Å². The normalized spacial score (nSPS) is 15.3. The quantitative estimate of drug-likeness (QED) is 0.720. The number of ether oxygens (including phenoxy) is 1. The Morgan fingerprint density at radius 1 is 1.70 bits per heavy atom. The first kappa shape index (κ1) is 10.8. The lowest BCUT2D eigenvalue weighted by Gasteiger charge is -2.14. The van der Waals surface area contributed by atoms with Crippen molar-refractivity contribution in [2.45, 2.75) is 16.6 Å². The molecule has 1 nitrogen and oxygen atoms in total. The molecule has 0 rings (SSSR count). The Balaban J connectivity index is 3.52. The minimum atomic E-state index is -2.94. The Kier molecular flexibility index (Phi) is 4.98. The molecule has 5 heteroatoms. The summed E-state index contributed by atoms with van der Waals surface area (Å²) < 4.78 is 29.0. The van der Waals surface area contributed by atoms with Crippen LogP contribution in [0, 0.1) is 6.61 Å². The van der Waals surface area contributed by atoms with Crippen LogP contribution in [0.3, 0.4) is 0 Å². The minimum absolute atomic E-state index is 0.394. The van der Waals surface area contributed by atoms with Crippen molar-refractivity contribution in [3.8, 4) is 0 Å². The Morgan fingerprint density at radius 2 is 2.20 bits per heavy atom. The molecule has 0 bridgehead atoms. The van der Waals surface area contributed by atoms with Crippen LogP contribution in [-0.2, 0) is 4.74 Å². The summed E-state index contributed by atoms with van der Waals surface area (Å²) in [5.41, 5.74) is 0. The van der Waals surface area contributed by atoms with E-state index in [-0.39, 0.29) is 0 Å². The smallest absolute Gasteiger partial charge is 0.316 e. The Bertz CT molecular complexity index is 94.1. The van der Waals surface area contributed by atoms with Crippen molar-refractivity contribution >= 4 is 31.9 Å². The molecule has 0 amide bonds. The summed E-state index contributed by atoms with van der Waals surface area (Å²) in [5, 5.41) is 0. The topological polar surface area (TPSA) is 9.23 Å². The van der Waals surface area contributed by atoms with Gasteiger partial charge in [-0.1, -0.05) is 15.9 Å². The highest BCUT2D eigenvalue weighted by Gasteiger charge is 2.34. The molecule has 0 saturated carbocycles. The van der Waals surface area contributed by atoms with Gasteiger partial charge >= 0.3 is 4.83 Å². The van der Waals surface area contributed by atoms with Gasteiger partial charge in [-0.05, 0) is 22.9 Å². The van der Waals surface area contributed by atoms with Gasteiger partial charge in [-0.15, -0.1) is 0 Å². The van der Waals surface area contributed by atoms with Crippen LogP contribution in [0.4, 0.5) is 8.78 Å². The van der Waals surface area contributed by atoms with Gasteiger partial charge in [0.2, 0.25) is 0 Å². The van der Waals surface area contributed by atoms with Crippen LogP contribution in [0.15, 0.2) is 0 Å². The Hall–Kier alpha value is 0.780. The molecule has 0 aromatic heterocycles. The Morgan fingerprint density at radius 3 is 2.50 bits per heavy atom. The molecule has 0 fully saturated rings. The zero-order chi connectivity index (χ0) is 8.20. The van der Waals surface area contributed by atoms with Crippen molar-refractivity contribution in [3.05, 3.63) is 6.61 Å². The molecule has 0 heterocycles. The largest absolute Gasteiger partial charge is 0.374 e. The zero-order valence-electron chi connectivity index (χ0n) is 5.28. The van der Waals surface area contributed by atoms with Crippen molar-refractivity contribution in [2.24, 2.45) is 0 Å². The molecule has 0 aliphatic carbocycles. The third-order valence-electron chi connectivity index (χ3n) is 0.695. The van der Waals surface area contributed by atoms with Crippen molar-refractivity contribution in [1.29, 1.82) is 0 Å². The number of alkyl halides is 4. The highest BCUT2D eigenvalue weighted by Crippen LogP contribution is 2.32. The van der Waals surface area contributed by atoms with Crippen molar-refractivity contribution in [3.63, 3.8) is 0 Å². The lowest BCUT2D eigenvalue weighted by molar-refractivity contribution is 0.0917. The minimum Gasteiger partial charge on any atom is -0.374 e. The lowest BCUT2D eigenvalue weighted by Crippen LogP contribution is -2.22. The third-order valence-corrected chi connectivity index (χ3v) is 2.59. The van der Waals surface area contributed by atoms with Gasteiger partial charge in [0.05, 0.1) is 0 Å². The number of rotatable bonds is 4. The maximum atomic E-state index is 12.2. The summed E-state index contributed by atoms with van der Waals surface area (Å²) in [6.45, 7) is 3.17. The molecule has 0 aromatic carbocycles. The predicted octanol–water partition coefficient (Wildman–Crippen LogP) is 2.94. The van der Waals surface area contributed by atoms with Crippen molar-refractivity contribution < 1.29 is 13.5 Å². The number of halogens is 4. The van der Waals surface area contributed by atoms with Crippen molar-refractivity contribution in [1.82, 2.24) is 0 Å². The number of hydrogen-bond donors (Lipinski definition) is 0. The van der Waals surface area contributed by atoms with E-state index in [0.717, 1.165) is 6.61 Å². The van der Waals surface area contributed by atoms with Gasteiger partial charge in [-0.25, -0.2) is 0 Å². The van der Waals surface area contributed by atoms with Gasteiger partial charge in [-0.3, -0.25) is 0 Å². The standard InChI is InChI=1S/C5H7Br2F2O/c1-2-10-3-4(6)5(7,8)9/h3-4H,2H2,1H3. The van der Waals surface area contributed by atoms with Crippen molar-refractivity contribution in [2.75, 3.05) is 6.61 Å². The highest BCUT2D eigenvalue weighted by molar-refractivity contribution is 9.12. The molecule has 0 N–H and O–H groups in total.